The summed E-state index contributed by atoms with van der Waals surface area (Å²) in [6.07, 6.45) is 2.60. The number of esters is 1. The Bertz CT molecular complexity index is 380. The number of nitrogens with zero attached hydrogens (tertiary/aromatic N) is 2. The number of nitrogens with two attached hydrogens (primary N) is 1. The summed E-state index contributed by atoms with van der Waals surface area (Å²) < 4.78 is 4.59. The fraction of sp³-hybridized carbons (Fsp3) is 0.500. The summed E-state index contributed by atoms with van der Waals surface area (Å²) in [4.78, 5) is 17.2. The Morgan fingerprint density at radius 3 is 2.88 bits per heavy atom. The summed E-state index contributed by atoms with van der Waals surface area (Å²) >= 11 is 0. The summed E-state index contributed by atoms with van der Waals surface area (Å²) in [5, 5.41) is 0. The smallest absolute Gasteiger partial charge is 0.305 e. The molecule has 0 radical (unpaired) electrons. The molecule has 1 atom stereocenters. The average Bonchev–Trinajstić information content (AvgIpc) is 2.35. The second kappa shape index (κ2) is 6.20. The van der Waals surface area contributed by atoms with Crippen LogP contribution in [0.15, 0.2) is 18.3 Å². The summed E-state index contributed by atoms with van der Waals surface area (Å²) in [5.41, 5.74) is 7.01. The SMILES string of the molecule is COC(=O)CCC(N)c1cccnc1N(C)C. The number of aromatic nitrogens is 1. The second-order valence-electron chi connectivity index (χ2n) is 4.03. The van der Waals surface area contributed by atoms with Crippen molar-refractivity contribution in [2.45, 2.75) is 18.9 Å². The number of hydrogen-bond donors (Lipinski definition) is 1. The monoisotopic (exact) mass is 237 g/mol. The zero-order valence-electron chi connectivity index (χ0n) is 10.5. The highest BCUT2D eigenvalue weighted by Crippen LogP contribution is 2.23. The summed E-state index contributed by atoms with van der Waals surface area (Å²) in [5.74, 6) is 0.598. The van der Waals surface area contributed by atoms with Crippen LogP contribution in [-0.2, 0) is 9.53 Å². The molecule has 0 aliphatic rings. The molecule has 0 aliphatic carbocycles. The van der Waals surface area contributed by atoms with Gasteiger partial charge in [-0.2, -0.15) is 0 Å². The van der Waals surface area contributed by atoms with Crippen LogP contribution in [-0.4, -0.2) is 32.2 Å². The number of hydrogen-bond acceptors (Lipinski definition) is 5. The van der Waals surface area contributed by atoms with Gasteiger partial charge in [0.25, 0.3) is 0 Å². The van der Waals surface area contributed by atoms with E-state index in [1.807, 2.05) is 31.1 Å². The van der Waals surface area contributed by atoms with E-state index in [1.54, 1.807) is 6.20 Å². The van der Waals surface area contributed by atoms with E-state index in [9.17, 15) is 4.79 Å². The fourth-order valence-corrected chi connectivity index (χ4v) is 1.60. The van der Waals surface area contributed by atoms with Crippen molar-refractivity contribution in [3.05, 3.63) is 23.9 Å². The largest absolute Gasteiger partial charge is 0.469 e. The summed E-state index contributed by atoms with van der Waals surface area (Å²) in [6, 6.07) is 3.57. The van der Waals surface area contributed by atoms with Crippen LogP contribution in [0.5, 0.6) is 0 Å². The molecular formula is C12H19N3O2. The Kier molecular flexibility index (Phi) is 4.90. The molecule has 1 rings (SSSR count). The van der Waals surface area contributed by atoms with Crippen LogP contribution >= 0.6 is 0 Å². The van der Waals surface area contributed by atoms with Crippen molar-refractivity contribution in [1.82, 2.24) is 4.98 Å². The zero-order chi connectivity index (χ0) is 12.8. The van der Waals surface area contributed by atoms with E-state index >= 15 is 0 Å². The molecule has 0 aliphatic heterocycles. The van der Waals surface area contributed by atoms with Crippen molar-refractivity contribution < 1.29 is 9.53 Å². The summed E-state index contributed by atoms with van der Waals surface area (Å²) in [6.45, 7) is 0. The molecule has 94 valence electrons. The molecule has 1 aromatic heterocycles. The van der Waals surface area contributed by atoms with Crippen LogP contribution in [0.4, 0.5) is 5.82 Å². The maximum atomic E-state index is 11.1. The minimum atomic E-state index is -0.240. The molecule has 1 aromatic rings. The highest BCUT2D eigenvalue weighted by molar-refractivity contribution is 5.69. The van der Waals surface area contributed by atoms with Crippen molar-refractivity contribution in [3.8, 4) is 0 Å². The highest BCUT2D eigenvalue weighted by atomic mass is 16.5. The topological polar surface area (TPSA) is 68.5 Å². The van der Waals surface area contributed by atoms with Crippen molar-refractivity contribution in [3.63, 3.8) is 0 Å². The molecule has 0 fully saturated rings. The first-order valence-corrected chi connectivity index (χ1v) is 5.51. The maximum Gasteiger partial charge on any atom is 0.305 e. The van der Waals surface area contributed by atoms with Crippen LogP contribution in [0.25, 0.3) is 0 Å². The van der Waals surface area contributed by atoms with Crippen molar-refractivity contribution in [1.29, 1.82) is 0 Å². The van der Waals surface area contributed by atoms with E-state index < -0.39 is 0 Å². The second-order valence-corrected chi connectivity index (χ2v) is 4.03. The quantitative estimate of drug-likeness (QED) is 0.777. The van der Waals surface area contributed by atoms with Gasteiger partial charge in [0.05, 0.1) is 7.11 Å². The van der Waals surface area contributed by atoms with Gasteiger partial charge < -0.3 is 15.4 Å². The lowest BCUT2D eigenvalue weighted by Crippen LogP contribution is -2.19. The van der Waals surface area contributed by atoms with Gasteiger partial charge in [0.15, 0.2) is 0 Å². The van der Waals surface area contributed by atoms with E-state index in [-0.39, 0.29) is 12.0 Å². The van der Waals surface area contributed by atoms with Gasteiger partial charge >= 0.3 is 5.97 Å². The van der Waals surface area contributed by atoms with Gasteiger partial charge in [-0.05, 0) is 12.5 Å². The third-order valence-electron chi connectivity index (χ3n) is 2.53. The summed E-state index contributed by atoms with van der Waals surface area (Å²) in [7, 11) is 5.21. The van der Waals surface area contributed by atoms with Crippen molar-refractivity contribution in [2.75, 3.05) is 26.1 Å². The third-order valence-corrected chi connectivity index (χ3v) is 2.53. The highest BCUT2D eigenvalue weighted by Gasteiger charge is 2.14. The Labute approximate surface area is 102 Å². The van der Waals surface area contributed by atoms with E-state index in [2.05, 4.69) is 9.72 Å². The molecular weight excluding hydrogens is 218 g/mol. The molecule has 0 saturated carbocycles. The third kappa shape index (κ3) is 3.71. The number of rotatable bonds is 5. The predicted molar refractivity (Wildman–Crippen MR) is 66.7 cm³/mol. The number of pyridine rings is 1. The first-order chi connectivity index (χ1) is 8.06. The predicted octanol–water partition coefficient (Wildman–Crippen LogP) is 1.10. The van der Waals surface area contributed by atoms with E-state index in [1.165, 1.54) is 7.11 Å². The number of anilines is 1. The molecule has 0 bridgehead atoms. The van der Waals surface area contributed by atoms with Gasteiger partial charge in [0.1, 0.15) is 5.82 Å². The number of carbonyl (C=O) groups excluding carboxylic acids is 1. The first kappa shape index (κ1) is 13.4. The van der Waals surface area contributed by atoms with Crippen LogP contribution < -0.4 is 10.6 Å². The molecule has 2 N–H and O–H groups in total. The van der Waals surface area contributed by atoms with Crippen molar-refractivity contribution >= 4 is 11.8 Å². The molecule has 0 spiro atoms. The number of ether oxygens (including phenoxy) is 1. The Balaban J connectivity index is 2.74. The number of carbonyl (C=O) groups is 1. The zero-order valence-corrected chi connectivity index (χ0v) is 10.5. The molecule has 17 heavy (non-hydrogen) atoms. The van der Waals surface area contributed by atoms with Gasteiger partial charge in [-0.3, -0.25) is 4.79 Å². The standard InChI is InChI=1S/C12H19N3O2/c1-15(2)12-9(5-4-8-14-12)10(13)6-7-11(16)17-3/h4-5,8,10H,6-7,13H2,1-3H3. The lowest BCUT2D eigenvalue weighted by atomic mass is 10.0. The average molecular weight is 237 g/mol. The Morgan fingerprint density at radius 1 is 1.59 bits per heavy atom. The van der Waals surface area contributed by atoms with Crippen LogP contribution in [0.2, 0.25) is 0 Å². The molecule has 0 saturated heterocycles. The lowest BCUT2D eigenvalue weighted by molar-refractivity contribution is -0.140. The van der Waals surface area contributed by atoms with E-state index in [0.29, 0.717) is 12.8 Å². The lowest BCUT2D eigenvalue weighted by Gasteiger charge is -2.19. The Hall–Kier alpha value is -1.62. The van der Waals surface area contributed by atoms with Gasteiger partial charge in [0, 0.05) is 38.3 Å². The molecule has 5 nitrogen and oxygen atoms in total. The van der Waals surface area contributed by atoms with Gasteiger partial charge in [0.2, 0.25) is 0 Å². The van der Waals surface area contributed by atoms with Crippen LogP contribution in [0, 0.1) is 0 Å². The number of methoxy groups -OCH3 is 1. The van der Waals surface area contributed by atoms with Crippen LogP contribution in [0.1, 0.15) is 24.4 Å². The minimum Gasteiger partial charge on any atom is -0.469 e. The molecule has 0 amide bonds. The molecule has 0 aromatic carbocycles. The van der Waals surface area contributed by atoms with Crippen molar-refractivity contribution in [2.24, 2.45) is 5.73 Å². The fourth-order valence-electron chi connectivity index (χ4n) is 1.60. The first-order valence-electron chi connectivity index (χ1n) is 5.51. The van der Waals surface area contributed by atoms with Gasteiger partial charge in [-0.1, -0.05) is 6.07 Å². The molecule has 5 heteroatoms. The molecule has 1 heterocycles. The Morgan fingerprint density at radius 2 is 2.29 bits per heavy atom. The minimum absolute atomic E-state index is 0.208. The van der Waals surface area contributed by atoms with Crippen LogP contribution in [0.3, 0.4) is 0 Å². The van der Waals surface area contributed by atoms with Gasteiger partial charge in [-0.25, -0.2) is 4.98 Å². The normalized spacial score (nSPS) is 12.0. The van der Waals surface area contributed by atoms with E-state index in [4.69, 9.17) is 5.73 Å². The maximum absolute atomic E-state index is 11.1. The molecule has 1 unspecified atom stereocenters. The van der Waals surface area contributed by atoms with Gasteiger partial charge in [-0.15, -0.1) is 0 Å². The van der Waals surface area contributed by atoms with E-state index in [0.717, 1.165) is 11.4 Å².